The molecule has 3 N–H and O–H groups in total. The maximum atomic E-state index is 5.53. The molecular formula is C14H21N3OS. The Bertz CT molecular complexity index is 424. The average molecular weight is 279 g/mol. The Morgan fingerprint density at radius 3 is 2.68 bits per heavy atom. The number of anilines is 1. The van der Waals surface area contributed by atoms with E-state index in [1.165, 1.54) is 11.1 Å². The molecule has 4 nitrogen and oxygen atoms in total. The second kappa shape index (κ2) is 6.73. The number of ether oxygens (including phenoxy) is 1. The van der Waals surface area contributed by atoms with E-state index in [1.807, 2.05) is 0 Å². The van der Waals surface area contributed by atoms with E-state index in [4.69, 9.17) is 17.0 Å². The standard InChI is InChI=1S/C14H21N3OS/c1-10-6-11(2)8-12(7-10)16-17-14(19)15-9-13-4-3-5-18-13/h6-8,13,16H,3-5,9H2,1-2H3,(H2,15,17,19)/t13-/m0/s1. The Morgan fingerprint density at radius 1 is 1.32 bits per heavy atom. The Morgan fingerprint density at radius 2 is 2.05 bits per heavy atom. The minimum Gasteiger partial charge on any atom is -0.376 e. The van der Waals surface area contributed by atoms with Crippen LogP contribution in [0.3, 0.4) is 0 Å². The number of nitrogens with one attached hydrogen (secondary N) is 3. The van der Waals surface area contributed by atoms with E-state index >= 15 is 0 Å². The third kappa shape index (κ3) is 4.69. The highest BCUT2D eigenvalue weighted by atomic mass is 32.1. The van der Waals surface area contributed by atoms with Crippen LogP contribution in [0.15, 0.2) is 18.2 Å². The zero-order chi connectivity index (χ0) is 13.7. The fraction of sp³-hybridized carbons (Fsp3) is 0.500. The molecule has 1 aromatic carbocycles. The smallest absolute Gasteiger partial charge is 0.185 e. The molecule has 1 saturated heterocycles. The van der Waals surface area contributed by atoms with Crippen LogP contribution in [0.1, 0.15) is 24.0 Å². The fourth-order valence-electron chi connectivity index (χ4n) is 2.23. The largest absolute Gasteiger partial charge is 0.376 e. The normalized spacial score (nSPS) is 18.1. The molecule has 0 unspecified atom stereocenters. The lowest BCUT2D eigenvalue weighted by atomic mass is 10.1. The summed E-state index contributed by atoms with van der Waals surface area (Å²) in [4.78, 5) is 0. The molecule has 0 bridgehead atoms. The number of hydrogen-bond donors (Lipinski definition) is 3. The molecule has 1 heterocycles. The van der Waals surface area contributed by atoms with Crippen LogP contribution in [0.25, 0.3) is 0 Å². The molecule has 2 rings (SSSR count). The van der Waals surface area contributed by atoms with Crippen LogP contribution in [0.2, 0.25) is 0 Å². The molecule has 1 aliphatic rings. The summed E-state index contributed by atoms with van der Waals surface area (Å²) in [6.07, 6.45) is 2.55. The minimum atomic E-state index is 0.293. The second-order valence-corrected chi connectivity index (χ2v) is 5.38. The molecule has 1 fully saturated rings. The molecule has 0 spiro atoms. The van der Waals surface area contributed by atoms with Crippen molar-refractivity contribution in [2.24, 2.45) is 0 Å². The summed E-state index contributed by atoms with van der Waals surface area (Å²) in [5.74, 6) is 0. The van der Waals surface area contributed by atoms with Gasteiger partial charge >= 0.3 is 0 Å². The lowest BCUT2D eigenvalue weighted by molar-refractivity contribution is 0.114. The van der Waals surface area contributed by atoms with E-state index in [-0.39, 0.29) is 0 Å². The number of benzene rings is 1. The third-order valence-electron chi connectivity index (χ3n) is 3.06. The van der Waals surface area contributed by atoms with E-state index in [1.54, 1.807) is 0 Å². The molecule has 5 heteroatoms. The van der Waals surface area contributed by atoms with Crippen LogP contribution in [0, 0.1) is 13.8 Å². The Balaban J connectivity index is 1.73. The summed E-state index contributed by atoms with van der Waals surface area (Å²) in [5, 5.41) is 3.75. The van der Waals surface area contributed by atoms with Gasteiger partial charge in [0.15, 0.2) is 5.11 Å². The van der Waals surface area contributed by atoms with E-state index in [0.717, 1.165) is 31.7 Å². The minimum absolute atomic E-state index is 0.293. The molecule has 1 aliphatic heterocycles. The van der Waals surface area contributed by atoms with Crippen molar-refractivity contribution < 1.29 is 4.74 Å². The molecule has 0 amide bonds. The fourth-order valence-corrected chi connectivity index (χ4v) is 2.37. The molecule has 19 heavy (non-hydrogen) atoms. The van der Waals surface area contributed by atoms with Crippen LogP contribution in [0.4, 0.5) is 5.69 Å². The zero-order valence-electron chi connectivity index (χ0n) is 11.5. The van der Waals surface area contributed by atoms with Gasteiger partial charge in [0, 0.05) is 13.2 Å². The SMILES string of the molecule is Cc1cc(C)cc(NNC(=S)NC[C@@H]2CCCO2)c1. The van der Waals surface area contributed by atoms with Crippen molar-refractivity contribution in [3.63, 3.8) is 0 Å². The molecule has 1 aromatic rings. The van der Waals surface area contributed by atoms with Gasteiger partial charge in [-0.05, 0) is 62.2 Å². The summed E-state index contributed by atoms with van der Waals surface area (Å²) in [6.45, 7) is 5.78. The lowest BCUT2D eigenvalue weighted by Crippen LogP contribution is -2.41. The average Bonchev–Trinajstić information content (AvgIpc) is 2.86. The predicted molar refractivity (Wildman–Crippen MR) is 82.2 cm³/mol. The topological polar surface area (TPSA) is 45.3 Å². The molecule has 0 aromatic heterocycles. The van der Waals surface area contributed by atoms with Gasteiger partial charge in [-0.15, -0.1) is 0 Å². The van der Waals surface area contributed by atoms with Gasteiger partial charge in [0.1, 0.15) is 0 Å². The molecular weight excluding hydrogens is 258 g/mol. The van der Waals surface area contributed by atoms with Gasteiger partial charge in [0.2, 0.25) is 0 Å². The predicted octanol–water partition coefficient (Wildman–Crippen LogP) is 2.27. The van der Waals surface area contributed by atoms with Crippen LogP contribution in [-0.4, -0.2) is 24.4 Å². The van der Waals surface area contributed by atoms with E-state index in [9.17, 15) is 0 Å². The van der Waals surface area contributed by atoms with Crippen molar-refractivity contribution in [2.45, 2.75) is 32.8 Å². The van der Waals surface area contributed by atoms with Crippen molar-refractivity contribution in [1.29, 1.82) is 0 Å². The van der Waals surface area contributed by atoms with Crippen LogP contribution in [0.5, 0.6) is 0 Å². The van der Waals surface area contributed by atoms with E-state index in [2.05, 4.69) is 48.2 Å². The molecule has 104 valence electrons. The van der Waals surface area contributed by atoms with Gasteiger partial charge < -0.3 is 10.1 Å². The maximum Gasteiger partial charge on any atom is 0.185 e. The van der Waals surface area contributed by atoms with Crippen LogP contribution in [-0.2, 0) is 4.74 Å². The number of hydrazine groups is 1. The molecule has 0 radical (unpaired) electrons. The maximum absolute atomic E-state index is 5.53. The summed E-state index contributed by atoms with van der Waals surface area (Å²) >= 11 is 5.21. The Labute approximate surface area is 119 Å². The van der Waals surface area contributed by atoms with Crippen molar-refractivity contribution in [3.8, 4) is 0 Å². The highest BCUT2D eigenvalue weighted by Gasteiger charge is 2.15. The first-order valence-electron chi connectivity index (χ1n) is 6.63. The number of aryl methyl sites for hydroxylation is 2. The summed E-state index contributed by atoms with van der Waals surface area (Å²) < 4.78 is 5.53. The van der Waals surface area contributed by atoms with Gasteiger partial charge in [-0.25, -0.2) is 0 Å². The van der Waals surface area contributed by atoms with Gasteiger partial charge in [-0.3, -0.25) is 10.9 Å². The highest BCUT2D eigenvalue weighted by molar-refractivity contribution is 7.80. The number of thiocarbonyl (C=S) groups is 1. The molecule has 0 aliphatic carbocycles. The molecule has 0 saturated carbocycles. The summed E-state index contributed by atoms with van der Waals surface area (Å²) in [7, 11) is 0. The van der Waals surface area contributed by atoms with Crippen LogP contribution >= 0.6 is 12.2 Å². The zero-order valence-corrected chi connectivity index (χ0v) is 12.3. The van der Waals surface area contributed by atoms with Gasteiger partial charge in [0.25, 0.3) is 0 Å². The highest BCUT2D eigenvalue weighted by Crippen LogP contribution is 2.12. The first kappa shape index (κ1) is 14.1. The number of hydrogen-bond acceptors (Lipinski definition) is 3. The molecule has 1 atom stereocenters. The third-order valence-corrected chi connectivity index (χ3v) is 3.30. The van der Waals surface area contributed by atoms with Crippen molar-refractivity contribution in [1.82, 2.24) is 10.7 Å². The first-order chi connectivity index (χ1) is 9.13. The first-order valence-corrected chi connectivity index (χ1v) is 7.04. The van der Waals surface area contributed by atoms with Gasteiger partial charge in [-0.2, -0.15) is 0 Å². The van der Waals surface area contributed by atoms with Gasteiger partial charge in [-0.1, -0.05) is 6.07 Å². The number of rotatable bonds is 4. The Hall–Kier alpha value is -1.33. The quantitative estimate of drug-likeness (QED) is 0.583. The van der Waals surface area contributed by atoms with Gasteiger partial charge in [0.05, 0.1) is 11.8 Å². The lowest BCUT2D eigenvalue weighted by Gasteiger charge is -2.15. The van der Waals surface area contributed by atoms with Crippen molar-refractivity contribution in [2.75, 3.05) is 18.6 Å². The second-order valence-electron chi connectivity index (χ2n) is 4.97. The summed E-state index contributed by atoms with van der Waals surface area (Å²) in [5.41, 5.74) is 9.56. The van der Waals surface area contributed by atoms with Crippen molar-refractivity contribution in [3.05, 3.63) is 29.3 Å². The van der Waals surface area contributed by atoms with Crippen molar-refractivity contribution >= 4 is 23.0 Å². The Kier molecular flexibility index (Phi) is 4.99. The summed E-state index contributed by atoms with van der Waals surface area (Å²) in [6, 6.07) is 6.28. The van der Waals surface area contributed by atoms with E-state index < -0.39 is 0 Å². The van der Waals surface area contributed by atoms with E-state index in [0.29, 0.717) is 11.2 Å². The van der Waals surface area contributed by atoms with Crippen LogP contribution < -0.4 is 16.2 Å². The monoisotopic (exact) mass is 279 g/mol.